The van der Waals surface area contributed by atoms with Crippen molar-refractivity contribution in [2.75, 3.05) is 18.0 Å². The molecule has 1 saturated heterocycles. The summed E-state index contributed by atoms with van der Waals surface area (Å²) in [5.74, 6) is 0.0421. The molecule has 1 aliphatic carbocycles. The molecule has 0 bridgehead atoms. The first-order valence-electron chi connectivity index (χ1n) is 7.46. The van der Waals surface area contributed by atoms with E-state index in [1.165, 1.54) is 6.07 Å². The molecule has 6 heteroatoms. The van der Waals surface area contributed by atoms with Crippen LogP contribution in [0.15, 0.2) is 6.07 Å². The van der Waals surface area contributed by atoms with Gasteiger partial charge in [-0.25, -0.2) is 9.37 Å². The van der Waals surface area contributed by atoms with Gasteiger partial charge in [0.1, 0.15) is 18.2 Å². The van der Waals surface area contributed by atoms with Crippen LogP contribution >= 0.6 is 0 Å². The molecule has 1 aliphatic heterocycles. The van der Waals surface area contributed by atoms with Gasteiger partial charge in [-0.15, -0.1) is 0 Å². The normalized spacial score (nSPS) is 22.1. The van der Waals surface area contributed by atoms with Crippen LogP contribution in [0.25, 0.3) is 0 Å². The molecular formula is C16H16FN3O2. The number of nitriles is 1. The number of carbonyl (C=O) groups is 2. The number of fused-ring (bicyclic) bond motifs is 1. The van der Waals surface area contributed by atoms with E-state index in [-0.39, 0.29) is 17.9 Å². The minimum absolute atomic E-state index is 0.0632. The average molecular weight is 301 g/mol. The Labute approximate surface area is 127 Å². The van der Waals surface area contributed by atoms with Gasteiger partial charge in [-0.05, 0) is 31.7 Å². The van der Waals surface area contributed by atoms with Crippen LogP contribution in [-0.2, 0) is 11.2 Å². The predicted molar refractivity (Wildman–Crippen MR) is 77.5 cm³/mol. The lowest BCUT2D eigenvalue weighted by Gasteiger charge is -2.32. The number of halogens is 1. The van der Waals surface area contributed by atoms with E-state index in [0.29, 0.717) is 36.6 Å². The SMILES string of the molecule is N#Cc1cc2c(nc1N1CCC(C=O)CC1)CCC(F)C2=O. The van der Waals surface area contributed by atoms with Crippen molar-refractivity contribution in [3.8, 4) is 6.07 Å². The van der Waals surface area contributed by atoms with Crippen molar-refractivity contribution in [3.63, 3.8) is 0 Å². The number of aromatic nitrogens is 1. The van der Waals surface area contributed by atoms with Crippen molar-refractivity contribution in [3.05, 3.63) is 22.9 Å². The molecule has 0 N–H and O–H groups in total. The van der Waals surface area contributed by atoms with E-state index in [0.717, 1.165) is 19.1 Å². The summed E-state index contributed by atoms with van der Waals surface area (Å²) in [6, 6.07) is 3.52. The Morgan fingerprint density at radius 3 is 2.73 bits per heavy atom. The maximum atomic E-state index is 13.5. The van der Waals surface area contributed by atoms with Gasteiger partial charge in [0.25, 0.3) is 0 Å². The third-order valence-corrected chi connectivity index (χ3v) is 4.42. The Kier molecular flexibility index (Phi) is 3.88. The summed E-state index contributed by atoms with van der Waals surface area (Å²) in [6.45, 7) is 1.31. The number of aryl methyl sites for hydroxylation is 1. The second-order valence-electron chi connectivity index (χ2n) is 5.80. The molecule has 3 rings (SSSR count). The van der Waals surface area contributed by atoms with Gasteiger partial charge in [-0.3, -0.25) is 4.79 Å². The van der Waals surface area contributed by atoms with Crippen LogP contribution in [0.1, 0.15) is 40.9 Å². The topological polar surface area (TPSA) is 74.1 Å². The lowest BCUT2D eigenvalue weighted by Crippen LogP contribution is -2.36. The predicted octanol–water partition coefficient (Wildman–Crippen LogP) is 1.84. The molecule has 22 heavy (non-hydrogen) atoms. The Morgan fingerprint density at radius 2 is 2.09 bits per heavy atom. The first-order chi connectivity index (χ1) is 10.6. The molecule has 1 fully saturated rings. The molecule has 1 atom stereocenters. The highest BCUT2D eigenvalue weighted by Gasteiger charge is 2.31. The standard InChI is InChI=1S/C16H16FN3O2/c17-13-1-2-14-12(15(13)22)7-11(8-18)16(19-14)20-5-3-10(9-21)4-6-20/h7,9-10,13H,1-6H2. The smallest absolute Gasteiger partial charge is 0.198 e. The summed E-state index contributed by atoms with van der Waals surface area (Å²) in [6.07, 6.45) is 1.51. The maximum absolute atomic E-state index is 13.5. The fourth-order valence-electron chi connectivity index (χ4n) is 3.08. The summed E-state index contributed by atoms with van der Waals surface area (Å²) in [5, 5.41) is 9.32. The van der Waals surface area contributed by atoms with Crippen molar-refractivity contribution >= 4 is 17.9 Å². The van der Waals surface area contributed by atoms with Crippen LogP contribution in [0.4, 0.5) is 10.2 Å². The van der Waals surface area contributed by atoms with E-state index in [1.54, 1.807) is 0 Å². The average Bonchev–Trinajstić information content (AvgIpc) is 2.57. The van der Waals surface area contributed by atoms with E-state index in [4.69, 9.17) is 0 Å². The molecule has 0 spiro atoms. The van der Waals surface area contributed by atoms with Crippen molar-refractivity contribution < 1.29 is 14.0 Å². The molecule has 0 radical (unpaired) electrons. The van der Waals surface area contributed by atoms with Crippen LogP contribution in [0.3, 0.4) is 0 Å². The monoisotopic (exact) mass is 301 g/mol. The fourth-order valence-corrected chi connectivity index (χ4v) is 3.08. The number of pyridine rings is 1. The fraction of sp³-hybridized carbons (Fsp3) is 0.500. The van der Waals surface area contributed by atoms with E-state index >= 15 is 0 Å². The minimum atomic E-state index is -1.49. The molecule has 1 aromatic rings. The van der Waals surface area contributed by atoms with E-state index in [1.807, 2.05) is 4.90 Å². The van der Waals surface area contributed by atoms with E-state index < -0.39 is 12.0 Å². The van der Waals surface area contributed by atoms with Gasteiger partial charge in [-0.1, -0.05) is 0 Å². The summed E-state index contributed by atoms with van der Waals surface area (Å²) in [4.78, 5) is 29.2. The number of piperidine rings is 1. The number of aldehydes is 1. The molecule has 0 amide bonds. The van der Waals surface area contributed by atoms with Gasteiger partial charge >= 0.3 is 0 Å². The number of ketones is 1. The van der Waals surface area contributed by atoms with Crippen LogP contribution in [-0.4, -0.2) is 36.3 Å². The number of hydrogen-bond donors (Lipinski definition) is 0. The molecule has 2 aliphatic rings. The molecule has 114 valence electrons. The van der Waals surface area contributed by atoms with Crippen LogP contribution < -0.4 is 4.90 Å². The van der Waals surface area contributed by atoms with Gasteiger partial charge in [0.05, 0.1) is 11.3 Å². The Balaban J connectivity index is 1.94. The first-order valence-corrected chi connectivity index (χ1v) is 7.46. The van der Waals surface area contributed by atoms with Gasteiger partial charge in [-0.2, -0.15) is 5.26 Å². The van der Waals surface area contributed by atoms with Crippen molar-refractivity contribution in [1.29, 1.82) is 5.26 Å². The Morgan fingerprint density at radius 1 is 1.36 bits per heavy atom. The largest absolute Gasteiger partial charge is 0.355 e. The van der Waals surface area contributed by atoms with E-state index in [2.05, 4.69) is 11.1 Å². The highest BCUT2D eigenvalue weighted by Crippen LogP contribution is 2.29. The van der Waals surface area contributed by atoms with Crippen LogP contribution in [0.5, 0.6) is 0 Å². The molecule has 0 aromatic carbocycles. The summed E-state index contributed by atoms with van der Waals surface area (Å²) >= 11 is 0. The zero-order valence-electron chi connectivity index (χ0n) is 12.1. The third-order valence-electron chi connectivity index (χ3n) is 4.42. The third kappa shape index (κ3) is 2.47. The number of nitrogens with zero attached hydrogens (tertiary/aromatic N) is 3. The second kappa shape index (κ2) is 5.84. The number of Topliss-reactive ketones (excluding diaryl/α,β-unsaturated/α-hetero) is 1. The quantitative estimate of drug-likeness (QED) is 0.779. The number of anilines is 1. The summed E-state index contributed by atoms with van der Waals surface area (Å²) in [5.41, 5.74) is 1.11. The summed E-state index contributed by atoms with van der Waals surface area (Å²) < 4.78 is 13.5. The number of carbonyl (C=O) groups excluding carboxylic acids is 2. The second-order valence-corrected chi connectivity index (χ2v) is 5.80. The lowest BCUT2D eigenvalue weighted by atomic mass is 9.92. The van der Waals surface area contributed by atoms with Gasteiger partial charge in [0.15, 0.2) is 12.0 Å². The molecule has 0 saturated carbocycles. The minimum Gasteiger partial charge on any atom is -0.355 e. The van der Waals surface area contributed by atoms with Gasteiger partial charge < -0.3 is 9.69 Å². The molecule has 1 aromatic heterocycles. The Hall–Kier alpha value is -2.29. The van der Waals surface area contributed by atoms with Crippen molar-refractivity contribution in [1.82, 2.24) is 4.98 Å². The zero-order chi connectivity index (χ0) is 15.7. The van der Waals surface area contributed by atoms with Crippen molar-refractivity contribution in [2.45, 2.75) is 31.9 Å². The van der Waals surface area contributed by atoms with Crippen LogP contribution in [0, 0.1) is 17.2 Å². The first kappa shape index (κ1) is 14.6. The number of rotatable bonds is 2. The molecule has 2 heterocycles. The van der Waals surface area contributed by atoms with Crippen LogP contribution in [0.2, 0.25) is 0 Å². The summed E-state index contributed by atoms with van der Waals surface area (Å²) in [7, 11) is 0. The van der Waals surface area contributed by atoms with Gasteiger partial charge in [0, 0.05) is 24.6 Å². The maximum Gasteiger partial charge on any atom is 0.198 e. The molecule has 5 nitrogen and oxygen atoms in total. The van der Waals surface area contributed by atoms with E-state index in [9.17, 15) is 19.2 Å². The Bertz CT molecular complexity index is 660. The number of hydrogen-bond acceptors (Lipinski definition) is 5. The zero-order valence-corrected chi connectivity index (χ0v) is 12.1. The highest BCUT2D eigenvalue weighted by atomic mass is 19.1. The molecule has 1 unspecified atom stereocenters. The van der Waals surface area contributed by atoms with Gasteiger partial charge in [0.2, 0.25) is 0 Å². The van der Waals surface area contributed by atoms with Crippen molar-refractivity contribution in [2.24, 2.45) is 5.92 Å². The highest BCUT2D eigenvalue weighted by molar-refractivity contribution is 6.01. The molecular weight excluding hydrogens is 285 g/mol. The lowest BCUT2D eigenvalue weighted by molar-refractivity contribution is -0.111. The number of alkyl halides is 1.